The average Bonchev–Trinajstić information content (AvgIpc) is 2.82. The first kappa shape index (κ1) is 23.5. The molecule has 3 aromatic rings. The number of hydrogen-bond donors (Lipinski definition) is 0. The van der Waals surface area contributed by atoms with E-state index in [-0.39, 0.29) is 12.4 Å². The molecule has 0 saturated carbocycles. The summed E-state index contributed by atoms with van der Waals surface area (Å²) in [6.07, 6.45) is 3.13. The first-order valence-corrected chi connectivity index (χ1v) is 10.4. The van der Waals surface area contributed by atoms with Crippen LogP contribution in [0.15, 0.2) is 60.7 Å². The van der Waals surface area contributed by atoms with E-state index in [2.05, 4.69) is 0 Å². The van der Waals surface area contributed by atoms with Crippen molar-refractivity contribution in [1.29, 1.82) is 0 Å². The number of allylic oxidation sites excluding steroid dienone is 1. The van der Waals surface area contributed by atoms with Gasteiger partial charge < -0.3 is 18.9 Å². The third-order valence-electron chi connectivity index (χ3n) is 4.68. The van der Waals surface area contributed by atoms with Crippen LogP contribution in [-0.4, -0.2) is 27.1 Å². The third kappa shape index (κ3) is 5.55. The second-order valence-electron chi connectivity index (χ2n) is 6.68. The Balaban J connectivity index is 1.87. The van der Waals surface area contributed by atoms with Crippen LogP contribution >= 0.6 is 23.2 Å². The van der Waals surface area contributed by atoms with Crippen molar-refractivity contribution in [3.05, 3.63) is 87.4 Å². The van der Waals surface area contributed by atoms with Gasteiger partial charge in [-0.3, -0.25) is 4.79 Å². The molecule has 0 fully saturated rings. The van der Waals surface area contributed by atoms with Crippen LogP contribution < -0.4 is 18.9 Å². The Hall–Kier alpha value is -3.15. The Morgan fingerprint density at radius 1 is 0.875 bits per heavy atom. The second kappa shape index (κ2) is 10.9. The molecule has 5 nitrogen and oxygen atoms in total. The van der Waals surface area contributed by atoms with E-state index in [9.17, 15) is 4.79 Å². The first-order chi connectivity index (χ1) is 15.5. The minimum Gasteiger partial charge on any atom is -0.497 e. The Kier molecular flexibility index (Phi) is 8.03. The molecule has 0 aliphatic rings. The lowest BCUT2D eigenvalue weighted by atomic mass is 10.1. The standard InChI is InChI=1S/C25H22Cl2O5/c1-29-18-9-12-23(30-2)19(14-18)22(28)11-8-17-5-4-6-24(31-3)25(17)32-15-16-7-10-20(26)21(27)13-16/h4-14H,15H2,1-3H3/b11-8+. The van der Waals surface area contributed by atoms with Crippen molar-refractivity contribution in [1.82, 2.24) is 0 Å². The number of rotatable bonds is 9. The molecule has 0 spiro atoms. The molecule has 0 aliphatic heterocycles. The van der Waals surface area contributed by atoms with E-state index in [0.29, 0.717) is 44.2 Å². The van der Waals surface area contributed by atoms with Crippen molar-refractivity contribution in [3.63, 3.8) is 0 Å². The fourth-order valence-corrected chi connectivity index (χ4v) is 3.35. The van der Waals surface area contributed by atoms with Crippen molar-refractivity contribution in [2.45, 2.75) is 6.61 Å². The summed E-state index contributed by atoms with van der Waals surface area (Å²) in [5.74, 6) is 1.83. The van der Waals surface area contributed by atoms with Gasteiger partial charge in [0.2, 0.25) is 0 Å². The Labute approximate surface area is 197 Å². The zero-order chi connectivity index (χ0) is 23.1. The topological polar surface area (TPSA) is 54.0 Å². The summed E-state index contributed by atoms with van der Waals surface area (Å²) in [5.41, 5.74) is 1.92. The predicted molar refractivity (Wildman–Crippen MR) is 127 cm³/mol. The Morgan fingerprint density at radius 3 is 2.34 bits per heavy atom. The van der Waals surface area contributed by atoms with Gasteiger partial charge in [-0.25, -0.2) is 0 Å². The monoisotopic (exact) mass is 472 g/mol. The molecule has 0 saturated heterocycles. The van der Waals surface area contributed by atoms with Gasteiger partial charge in [-0.1, -0.05) is 41.4 Å². The molecule has 32 heavy (non-hydrogen) atoms. The van der Waals surface area contributed by atoms with Crippen LogP contribution in [0.1, 0.15) is 21.5 Å². The maximum atomic E-state index is 12.9. The Morgan fingerprint density at radius 2 is 1.66 bits per heavy atom. The van der Waals surface area contributed by atoms with Crippen molar-refractivity contribution in [2.75, 3.05) is 21.3 Å². The number of carbonyl (C=O) groups is 1. The van der Waals surface area contributed by atoms with E-state index in [0.717, 1.165) is 5.56 Å². The highest BCUT2D eigenvalue weighted by molar-refractivity contribution is 6.42. The number of benzene rings is 3. The van der Waals surface area contributed by atoms with E-state index < -0.39 is 0 Å². The van der Waals surface area contributed by atoms with Crippen LogP contribution in [0.3, 0.4) is 0 Å². The number of methoxy groups -OCH3 is 3. The highest BCUT2D eigenvalue weighted by Crippen LogP contribution is 2.34. The van der Waals surface area contributed by atoms with Gasteiger partial charge in [0.25, 0.3) is 0 Å². The largest absolute Gasteiger partial charge is 0.497 e. The molecule has 0 aromatic heterocycles. The van der Waals surface area contributed by atoms with Crippen molar-refractivity contribution in [3.8, 4) is 23.0 Å². The summed E-state index contributed by atoms with van der Waals surface area (Å²) in [7, 11) is 4.61. The molecule has 3 aromatic carbocycles. The molecule has 0 aliphatic carbocycles. The number of halogens is 2. The van der Waals surface area contributed by atoms with E-state index in [1.54, 1.807) is 56.7 Å². The summed E-state index contributed by atoms with van der Waals surface area (Å²) in [5, 5.41) is 0.925. The molecule has 0 bridgehead atoms. The van der Waals surface area contributed by atoms with Gasteiger partial charge in [-0.05, 0) is 54.1 Å². The molecule has 0 N–H and O–H groups in total. The van der Waals surface area contributed by atoms with E-state index in [1.165, 1.54) is 13.2 Å². The number of ether oxygens (including phenoxy) is 4. The zero-order valence-corrected chi connectivity index (χ0v) is 19.4. The van der Waals surface area contributed by atoms with Crippen LogP contribution in [0.4, 0.5) is 0 Å². The maximum absolute atomic E-state index is 12.9. The predicted octanol–water partition coefficient (Wildman–Crippen LogP) is 6.49. The zero-order valence-electron chi connectivity index (χ0n) is 17.9. The number of para-hydroxylation sites is 1. The quantitative estimate of drug-likeness (QED) is 0.263. The van der Waals surface area contributed by atoms with Crippen molar-refractivity contribution < 1.29 is 23.7 Å². The minimum absolute atomic E-state index is 0.237. The molecule has 7 heteroatoms. The van der Waals surface area contributed by atoms with Crippen LogP contribution in [0, 0.1) is 0 Å². The van der Waals surface area contributed by atoms with Gasteiger partial charge in [-0.2, -0.15) is 0 Å². The molecule has 166 valence electrons. The summed E-state index contributed by atoms with van der Waals surface area (Å²) in [4.78, 5) is 12.9. The van der Waals surface area contributed by atoms with E-state index >= 15 is 0 Å². The van der Waals surface area contributed by atoms with Gasteiger partial charge in [0.1, 0.15) is 18.1 Å². The van der Waals surface area contributed by atoms with Crippen molar-refractivity contribution >= 4 is 35.1 Å². The summed E-state index contributed by atoms with van der Waals surface area (Å²) >= 11 is 12.1. The third-order valence-corrected chi connectivity index (χ3v) is 5.42. The highest BCUT2D eigenvalue weighted by Gasteiger charge is 2.13. The van der Waals surface area contributed by atoms with E-state index in [1.807, 2.05) is 18.2 Å². The fourth-order valence-electron chi connectivity index (χ4n) is 3.03. The van der Waals surface area contributed by atoms with Crippen molar-refractivity contribution in [2.24, 2.45) is 0 Å². The minimum atomic E-state index is -0.237. The molecule has 0 heterocycles. The molecule has 0 atom stereocenters. The normalized spacial score (nSPS) is 10.8. The Bertz CT molecular complexity index is 1140. The van der Waals surface area contributed by atoms with Gasteiger partial charge >= 0.3 is 0 Å². The van der Waals surface area contributed by atoms with Crippen LogP contribution in [0.25, 0.3) is 6.08 Å². The molecular weight excluding hydrogens is 451 g/mol. The summed E-state index contributed by atoms with van der Waals surface area (Å²) < 4.78 is 22.0. The molecule has 0 radical (unpaired) electrons. The van der Waals surface area contributed by atoms with Gasteiger partial charge in [0.05, 0.1) is 36.9 Å². The fraction of sp³-hybridized carbons (Fsp3) is 0.160. The number of hydrogen-bond acceptors (Lipinski definition) is 5. The van der Waals surface area contributed by atoms with Crippen LogP contribution in [0.5, 0.6) is 23.0 Å². The smallest absolute Gasteiger partial charge is 0.189 e. The molecular formula is C25H22Cl2O5. The molecule has 3 rings (SSSR count). The van der Waals surface area contributed by atoms with Gasteiger partial charge in [-0.15, -0.1) is 0 Å². The second-order valence-corrected chi connectivity index (χ2v) is 7.49. The summed E-state index contributed by atoms with van der Waals surface area (Å²) in [6.45, 7) is 0.246. The lowest BCUT2D eigenvalue weighted by molar-refractivity contribution is 0.104. The average molecular weight is 473 g/mol. The summed E-state index contributed by atoms with van der Waals surface area (Å²) in [6, 6.07) is 15.8. The van der Waals surface area contributed by atoms with Crippen LogP contribution in [0.2, 0.25) is 10.0 Å². The SMILES string of the molecule is COc1ccc(OC)c(C(=O)/C=C/c2cccc(OC)c2OCc2ccc(Cl)c(Cl)c2)c1. The lowest BCUT2D eigenvalue weighted by Gasteiger charge is -2.14. The first-order valence-electron chi connectivity index (χ1n) is 9.65. The number of carbonyl (C=O) groups excluding carboxylic acids is 1. The lowest BCUT2D eigenvalue weighted by Crippen LogP contribution is -2.01. The van der Waals surface area contributed by atoms with Gasteiger partial charge in [0, 0.05) is 5.56 Å². The maximum Gasteiger partial charge on any atom is 0.189 e. The highest BCUT2D eigenvalue weighted by atomic mass is 35.5. The van der Waals surface area contributed by atoms with E-state index in [4.69, 9.17) is 42.1 Å². The molecule has 0 unspecified atom stereocenters. The van der Waals surface area contributed by atoms with Crippen LogP contribution in [-0.2, 0) is 6.61 Å². The van der Waals surface area contributed by atoms with Gasteiger partial charge in [0.15, 0.2) is 17.3 Å². The molecule has 0 amide bonds. The number of ketones is 1.